The Morgan fingerprint density at radius 1 is 1.29 bits per heavy atom. The zero-order chi connectivity index (χ0) is 16.7. The molecule has 0 aliphatic rings. The van der Waals surface area contributed by atoms with Gasteiger partial charge in [0.1, 0.15) is 0 Å². The summed E-state index contributed by atoms with van der Waals surface area (Å²) in [6, 6.07) is 7.18. The first-order valence-corrected chi connectivity index (χ1v) is 7.68. The summed E-state index contributed by atoms with van der Waals surface area (Å²) >= 11 is 6.15. The van der Waals surface area contributed by atoms with E-state index in [0.29, 0.717) is 30.2 Å². The van der Waals surface area contributed by atoms with Crippen LogP contribution in [-0.4, -0.2) is 44.2 Å². The normalized spacial score (nSPS) is 11.8. The van der Waals surface area contributed by atoms with Gasteiger partial charge in [0.15, 0.2) is 5.82 Å². The van der Waals surface area contributed by atoms with E-state index in [4.69, 9.17) is 27.4 Å². The van der Waals surface area contributed by atoms with Gasteiger partial charge in [-0.2, -0.15) is 0 Å². The zero-order valence-corrected chi connectivity index (χ0v) is 14.5. The molecule has 1 atom stereocenters. The van der Waals surface area contributed by atoms with E-state index in [-0.39, 0.29) is 25.1 Å². The molecular formula is C13H20BCl2N5O3. The van der Waals surface area contributed by atoms with Crippen molar-refractivity contribution in [3.05, 3.63) is 40.7 Å². The molecule has 0 bridgehead atoms. The van der Waals surface area contributed by atoms with Gasteiger partial charge in [0.25, 0.3) is 0 Å². The maximum absolute atomic E-state index is 8.58. The fourth-order valence-corrected chi connectivity index (χ4v) is 2.36. The van der Waals surface area contributed by atoms with Gasteiger partial charge in [-0.1, -0.05) is 29.8 Å². The Kier molecular flexibility index (Phi) is 9.20. The first kappa shape index (κ1) is 20.8. The van der Waals surface area contributed by atoms with Crippen LogP contribution in [0, 0.1) is 0 Å². The highest BCUT2D eigenvalue weighted by Gasteiger charge is 2.16. The molecule has 0 aliphatic heterocycles. The van der Waals surface area contributed by atoms with Crippen LogP contribution in [0.1, 0.15) is 36.7 Å². The van der Waals surface area contributed by atoms with Crippen molar-refractivity contribution in [3.8, 4) is 0 Å². The summed E-state index contributed by atoms with van der Waals surface area (Å²) in [6.45, 7) is 0.713. The fraction of sp³-hybridized carbons (Fsp3) is 0.462. The van der Waals surface area contributed by atoms with E-state index in [9.17, 15) is 0 Å². The number of nitrogens with two attached hydrogens (primary N) is 1. The summed E-state index contributed by atoms with van der Waals surface area (Å²) in [7, 11) is -1.73. The topological polar surface area (TPSA) is 119 Å². The molecule has 0 saturated carbocycles. The molecule has 8 nitrogen and oxygen atoms in total. The Morgan fingerprint density at radius 3 is 2.75 bits per heavy atom. The van der Waals surface area contributed by atoms with Crippen LogP contribution in [0.15, 0.2) is 24.3 Å². The molecule has 0 spiro atoms. The van der Waals surface area contributed by atoms with Crippen molar-refractivity contribution in [2.45, 2.75) is 31.8 Å². The van der Waals surface area contributed by atoms with E-state index in [1.54, 1.807) is 4.68 Å². The molecule has 11 heteroatoms. The Hall–Kier alpha value is -1.23. The Bertz CT molecular complexity index is 617. The first-order valence-electron chi connectivity index (χ1n) is 7.30. The zero-order valence-electron chi connectivity index (χ0n) is 13.0. The highest BCUT2D eigenvalue weighted by atomic mass is 35.5. The Labute approximate surface area is 151 Å². The van der Waals surface area contributed by atoms with Crippen LogP contribution < -0.4 is 5.73 Å². The first-order chi connectivity index (χ1) is 11.1. The van der Waals surface area contributed by atoms with Crippen LogP contribution in [0.2, 0.25) is 5.02 Å². The van der Waals surface area contributed by atoms with Crippen molar-refractivity contribution in [1.29, 1.82) is 0 Å². The van der Waals surface area contributed by atoms with Gasteiger partial charge in [0.05, 0.1) is 12.6 Å². The SMILES string of the molecule is Cl.NC(CCCCOB(O)O)c1nnnn1Cc1ccccc1Cl. The Balaban J connectivity index is 0.00000288. The van der Waals surface area contributed by atoms with E-state index in [1.165, 1.54) is 0 Å². The summed E-state index contributed by atoms with van der Waals surface area (Å²) in [4.78, 5) is 0. The number of unbranched alkanes of at least 4 members (excludes halogenated alkanes) is 1. The second-order valence-electron chi connectivity index (χ2n) is 5.09. The third kappa shape index (κ3) is 6.35. The van der Waals surface area contributed by atoms with Crippen molar-refractivity contribution in [2.24, 2.45) is 5.73 Å². The number of rotatable bonds is 9. The summed E-state index contributed by atoms with van der Waals surface area (Å²) < 4.78 is 6.28. The molecule has 2 aromatic rings. The van der Waals surface area contributed by atoms with Gasteiger partial charge in [0, 0.05) is 11.6 Å². The van der Waals surface area contributed by atoms with E-state index in [2.05, 4.69) is 20.2 Å². The lowest BCUT2D eigenvalue weighted by atomic mass is 10.1. The van der Waals surface area contributed by atoms with Crippen LogP contribution >= 0.6 is 24.0 Å². The summed E-state index contributed by atoms with van der Waals surface area (Å²) in [5.74, 6) is 0.591. The lowest BCUT2D eigenvalue weighted by Gasteiger charge is -2.12. The molecule has 0 fully saturated rings. The van der Waals surface area contributed by atoms with Gasteiger partial charge < -0.3 is 20.4 Å². The number of benzene rings is 1. The minimum atomic E-state index is -1.73. The molecule has 0 radical (unpaired) electrons. The highest BCUT2D eigenvalue weighted by Crippen LogP contribution is 2.19. The summed E-state index contributed by atoms with van der Waals surface area (Å²) in [6.07, 6.45) is 2.08. The third-order valence-electron chi connectivity index (χ3n) is 3.35. The highest BCUT2D eigenvalue weighted by molar-refractivity contribution is 6.32. The summed E-state index contributed by atoms with van der Waals surface area (Å²) in [5, 5.41) is 29.5. The van der Waals surface area contributed by atoms with Gasteiger partial charge >= 0.3 is 7.32 Å². The molecule has 24 heavy (non-hydrogen) atoms. The van der Waals surface area contributed by atoms with Gasteiger partial charge in [-0.25, -0.2) is 4.68 Å². The molecule has 1 aromatic carbocycles. The quantitative estimate of drug-likeness (QED) is 0.440. The van der Waals surface area contributed by atoms with E-state index < -0.39 is 7.32 Å². The Morgan fingerprint density at radius 2 is 2.04 bits per heavy atom. The predicted octanol–water partition coefficient (Wildman–Crippen LogP) is 0.953. The number of hydrogen-bond donors (Lipinski definition) is 3. The molecule has 4 N–H and O–H groups in total. The van der Waals surface area contributed by atoms with E-state index in [1.807, 2.05) is 24.3 Å². The number of tetrazole rings is 1. The molecule has 1 unspecified atom stereocenters. The van der Waals surface area contributed by atoms with E-state index in [0.717, 1.165) is 12.0 Å². The second kappa shape index (κ2) is 10.6. The van der Waals surface area contributed by atoms with Crippen molar-refractivity contribution in [3.63, 3.8) is 0 Å². The molecule has 1 aromatic heterocycles. The van der Waals surface area contributed by atoms with Gasteiger partial charge in [-0.05, 0) is 41.3 Å². The number of hydrogen-bond acceptors (Lipinski definition) is 7. The average molecular weight is 376 g/mol. The van der Waals surface area contributed by atoms with Crippen LogP contribution in [0.5, 0.6) is 0 Å². The molecular weight excluding hydrogens is 356 g/mol. The van der Waals surface area contributed by atoms with Crippen molar-refractivity contribution in [2.75, 3.05) is 6.61 Å². The smallest absolute Gasteiger partial charge is 0.402 e. The van der Waals surface area contributed by atoms with Crippen LogP contribution in [0.25, 0.3) is 0 Å². The molecule has 0 saturated heterocycles. The molecule has 0 aliphatic carbocycles. The van der Waals surface area contributed by atoms with Crippen LogP contribution in [-0.2, 0) is 11.2 Å². The molecule has 1 heterocycles. The predicted molar refractivity (Wildman–Crippen MR) is 92.5 cm³/mol. The minimum absolute atomic E-state index is 0. The number of aromatic nitrogens is 4. The monoisotopic (exact) mass is 375 g/mol. The number of nitrogens with zero attached hydrogens (tertiary/aromatic N) is 4. The maximum Gasteiger partial charge on any atom is 0.633 e. The minimum Gasteiger partial charge on any atom is -0.402 e. The van der Waals surface area contributed by atoms with E-state index >= 15 is 0 Å². The van der Waals surface area contributed by atoms with Gasteiger partial charge in [-0.3, -0.25) is 0 Å². The van der Waals surface area contributed by atoms with Crippen LogP contribution in [0.4, 0.5) is 0 Å². The number of halogens is 2. The summed E-state index contributed by atoms with van der Waals surface area (Å²) in [5.41, 5.74) is 7.05. The molecule has 2 rings (SSSR count). The average Bonchev–Trinajstić information content (AvgIpc) is 2.97. The van der Waals surface area contributed by atoms with Crippen LogP contribution in [0.3, 0.4) is 0 Å². The second-order valence-corrected chi connectivity index (χ2v) is 5.49. The third-order valence-corrected chi connectivity index (χ3v) is 3.71. The van der Waals surface area contributed by atoms with Gasteiger partial charge in [0.2, 0.25) is 0 Å². The lowest BCUT2D eigenvalue weighted by molar-refractivity contribution is 0.181. The largest absolute Gasteiger partial charge is 0.633 e. The van der Waals surface area contributed by atoms with Gasteiger partial charge in [-0.15, -0.1) is 17.5 Å². The standard InChI is InChI=1S/C13H19BClN5O3.ClH/c15-11-6-2-1-5-10(11)9-20-13(17-18-19-20)12(16)7-3-4-8-23-14(21)22;/h1-2,5-6,12,21-22H,3-4,7-9,16H2;1H. The van der Waals surface area contributed by atoms with Crippen molar-refractivity contribution < 1.29 is 14.7 Å². The fourth-order valence-electron chi connectivity index (χ4n) is 2.16. The lowest BCUT2D eigenvalue weighted by Crippen LogP contribution is -2.19. The van der Waals surface area contributed by atoms with Crippen molar-refractivity contribution in [1.82, 2.24) is 20.2 Å². The molecule has 0 amide bonds. The molecule has 132 valence electrons. The van der Waals surface area contributed by atoms with Crippen molar-refractivity contribution >= 4 is 31.3 Å². The maximum atomic E-state index is 8.58.